The van der Waals surface area contributed by atoms with E-state index in [1.807, 2.05) is 11.8 Å². The van der Waals surface area contributed by atoms with Crippen LogP contribution < -0.4 is 10.6 Å². The van der Waals surface area contributed by atoms with Crippen molar-refractivity contribution in [3.8, 4) is 0 Å². The molecule has 1 fully saturated rings. The quantitative estimate of drug-likeness (QED) is 0.737. The molecule has 0 spiro atoms. The number of halogens is 3. The van der Waals surface area contributed by atoms with Crippen molar-refractivity contribution in [2.45, 2.75) is 44.9 Å². The molecule has 2 N–H and O–H groups in total. The highest BCUT2D eigenvalue weighted by molar-refractivity contribution is 5.79. The maximum absolute atomic E-state index is 12.4. The van der Waals surface area contributed by atoms with Crippen LogP contribution in [0.15, 0.2) is 6.20 Å². The highest BCUT2D eigenvalue weighted by Crippen LogP contribution is 2.20. The number of carbonyl (C=O) groups excluding carboxylic acids is 2. The van der Waals surface area contributed by atoms with E-state index in [1.165, 1.54) is 0 Å². The van der Waals surface area contributed by atoms with Crippen LogP contribution in [0.4, 0.5) is 13.2 Å². The zero-order chi connectivity index (χ0) is 20.0. The normalized spacial score (nSPS) is 21.5. The molecule has 2 amide bonds. The molecule has 0 aromatic carbocycles. The fourth-order valence-electron chi connectivity index (χ4n) is 3.15. The number of likely N-dealkylation sites (tertiary alicyclic amines) is 1. The Labute approximate surface area is 155 Å². The zero-order valence-corrected chi connectivity index (χ0v) is 15.4. The Kier molecular flexibility index (Phi) is 7.17. The molecule has 1 aromatic rings. The Hall–Kier alpha value is -2.17. The van der Waals surface area contributed by atoms with Crippen molar-refractivity contribution < 1.29 is 22.8 Å². The molecule has 1 aliphatic rings. The smallest absolute Gasteiger partial charge is 0.354 e. The molecule has 2 atom stereocenters. The molecule has 0 bridgehead atoms. The number of aromatic nitrogens is 3. The Balaban J connectivity index is 1.78. The number of hydrogen-bond acceptors (Lipinski definition) is 5. The van der Waals surface area contributed by atoms with Gasteiger partial charge in [0.15, 0.2) is 0 Å². The van der Waals surface area contributed by atoms with E-state index in [4.69, 9.17) is 0 Å². The molecule has 2 heterocycles. The van der Waals surface area contributed by atoms with E-state index in [2.05, 4.69) is 20.9 Å². The van der Waals surface area contributed by atoms with Crippen LogP contribution in [0.1, 0.15) is 25.0 Å². The van der Waals surface area contributed by atoms with Crippen molar-refractivity contribution in [3.05, 3.63) is 11.9 Å². The summed E-state index contributed by atoms with van der Waals surface area (Å²) in [5.41, 5.74) is 0.797. The fraction of sp³-hybridized carbons (Fsp3) is 0.750. The highest BCUT2D eigenvalue weighted by Gasteiger charge is 2.33. The van der Waals surface area contributed by atoms with Crippen molar-refractivity contribution in [1.82, 2.24) is 30.5 Å². The molecule has 1 aliphatic heterocycles. The van der Waals surface area contributed by atoms with Gasteiger partial charge in [-0.2, -0.15) is 13.2 Å². The van der Waals surface area contributed by atoms with Crippen LogP contribution in [0, 0.1) is 12.8 Å². The molecular weight excluding hydrogens is 365 g/mol. The van der Waals surface area contributed by atoms with Gasteiger partial charge in [0.05, 0.1) is 18.2 Å². The topological polar surface area (TPSA) is 92.2 Å². The first-order chi connectivity index (χ1) is 12.6. The SMILES string of the molecule is Cc1cn(CCNC(=O)[C@@H]2CC[C@H](NC(=O)CC(F)(F)F)CN(C)C2)nn1. The number of hydrogen-bond donors (Lipinski definition) is 2. The molecular formula is C16H25F3N6O2. The average Bonchev–Trinajstić information content (AvgIpc) is 2.84. The van der Waals surface area contributed by atoms with E-state index in [-0.39, 0.29) is 11.8 Å². The minimum Gasteiger partial charge on any atom is -0.354 e. The largest absolute Gasteiger partial charge is 0.397 e. The molecule has 1 saturated heterocycles. The molecule has 0 radical (unpaired) electrons. The third kappa shape index (κ3) is 7.53. The number of likely N-dealkylation sites (N-methyl/N-ethyl adjacent to an activating group) is 1. The molecule has 27 heavy (non-hydrogen) atoms. The summed E-state index contributed by atoms with van der Waals surface area (Å²) in [6.45, 7) is 3.64. The van der Waals surface area contributed by atoms with Crippen molar-refractivity contribution in [3.63, 3.8) is 0 Å². The Morgan fingerprint density at radius 1 is 1.30 bits per heavy atom. The lowest BCUT2D eigenvalue weighted by Gasteiger charge is -2.22. The monoisotopic (exact) mass is 390 g/mol. The molecule has 0 unspecified atom stereocenters. The molecule has 0 aliphatic carbocycles. The summed E-state index contributed by atoms with van der Waals surface area (Å²) in [5.74, 6) is -1.43. The summed E-state index contributed by atoms with van der Waals surface area (Å²) in [7, 11) is 1.78. The van der Waals surface area contributed by atoms with Crippen LogP contribution >= 0.6 is 0 Å². The summed E-state index contributed by atoms with van der Waals surface area (Å²) in [6.07, 6.45) is -3.28. The summed E-state index contributed by atoms with van der Waals surface area (Å²) in [5, 5.41) is 13.0. The van der Waals surface area contributed by atoms with Gasteiger partial charge in [0.1, 0.15) is 6.42 Å². The molecule has 152 valence electrons. The van der Waals surface area contributed by atoms with E-state index in [1.54, 1.807) is 17.9 Å². The van der Waals surface area contributed by atoms with Crippen molar-refractivity contribution in [2.75, 3.05) is 26.7 Å². The average molecular weight is 390 g/mol. The molecule has 8 nitrogen and oxygen atoms in total. The van der Waals surface area contributed by atoms with Gasteiger partial charge in [-0.25, -0.2) is 0 Å². The fourth-order valence-corrected chi connectivity index (χ4v) is 3.15. The number of aryl methyl sites for hydroxylation is 1. The van der Waals surface area contributed by atoms with Crippen LogP contribution in [0.5, 0.6) is 0 Å². The van der Waals surface area contributed by atoms with E-state index < -0.39 is 24.5 Å². The lowest BCUT2D eigenvalue weighted by atomic mass is 10.0. The first-order valence-electron chi connectivity index (χ1n) is 8.81. The number of carbonyl (C=O) groups is 2. The predicted octanol–water partition coefficient (Wildman–Crippen LogP) is 0.482. The van der Waals surface area contributed by atoms with Crippen molar-refractivity contribution in [2.24, 2.45) is 5.92 Å². The van der Waals surface area contributed by atoms with Crippen LogP contribution in [0.3, 0.4) is 0 Å². The van der Waals surface area contributed by atoms with Gasteiger partial charge in [-0.05, 0) is 26.8 Å². The van der Waals surface area contributed by atoms with Gasteiger partial charge in [-0.1, -0.05) is 5.21 Å². The number of alkyl halides is 3. The summed E-state index contributed by atoms with van der Waals surface area (Å²) < 4.78 is 38.5. The Morgan fingerprint density at radius 2 is 2.04 bits per heavy atom. The first kappa shape index (κ1) is 21.1. The lowest BCUT2D eigenvalue weighted by Crippen LogP contribution is -2.43. The molecule has 1 aromatic heterocycles. The van der Waals surface area contributed by atoms with Crippen LogP contribution in [-0.2, 0) is 16.1 Å². The number of nitrogens with zero attached hydrogens (tertiary/aromatic N) is 4. The van der Waals surface area contributed by atoms with E-state index >= 15 is 0 Å². The second-order valence-corrected chi connectivity index (χ2v) is 6.97. The maximum atomic E-state index is 12.4. The van der Waals surface area contributed by atoms with Crippen molar-refractivity contribution >= 4 is 11.8 Å². The first-order valence-corrected chi connectivity index (χ1v) is 8.81. The van der Waals surface area contributed by atoms with Gasteiger partial charge >= 0.3 is 6.18 Å². The standard InChI is InChI=1S/C16H25F3N6O2/c1-11-8-25(23-22-11)6-5-20-15(27)12-3-4-13(10-24(2)9-12)21-14(26)7-16(17,18)19/h8,12-13H,3-7,9-10H2,1-2H3,(H,20,27)(H,21,26)/t12-,13+/m1/s1. The summed E-state index contributed by atoms with van der Waals surface area (Å²) in [4.78, 5) is 25.7. The summed E-state index contributed by atoms with van der Waals surface area (Å²) in [6, 6.07) is -0.402. The Bertz CT molecular complexity index is 648. The molecule has 2 rings (SSSR count). The van der Waals surface area contributed by atoms with Crippen LogP contribution in [0.25, 0.3) is 0 Å². The predicted molar refractivity (Wildman–Crippen MR) is 90.6 cm³/mol. The van der Waals surface area contributed by atoms with Gasteiger partial charge in [0.2, 0.25) is 11.8 Å². The van der Waals surface area contributed by atoms with Gasteiger partial charge < -0.3 is 15.5 Å². The maximum Gasteiger partial charge on any atom is 0.397 e. The summed E-state index contributed by atoms with van der Waals surface area (Å²) >= 11 is 0. The van der Waals surface area contributed by atoms with Gasteiger partial charge in [-0.3, -0.25) is 14.3 Å². The van der Waals surface area contributed by atoms with Gasteiger partial charge in [0, 0.05) is 31.9 Å². The van der Waals surface area contributed by atoms with Crippen LogP contribution in [0.2, 0.25) is 0 Å². The van der Waals surface area contributed by atoms with Gasteiger partial charge in [-0.15, -0.1) is 5.10 Å². The second-order valence-electron chi connectivity index (χ2n) is 6.97. The number of rotatable bonds is 6. The van der Waals surface area contributed by atoms with E-state index in [9.17, 15) is 22.8 Å². The zero-order valence-electron chi connectivity index (χ0n) is 15.4. The Morgan fingerprint density at radius 3 is 2.67 bits per heavy atom. The number of nitrogens with one attached hydrogen (secondary N) is 2. The molecule has 0 saturated carbocycles. The van der Waals surface area contributed by atoms with E-state index in [0.29, 0.717) is 39.0 Å². The minimum atomic E-state index is -4.52. The van der Waals surface area contributed by atoms with Crippen molar-refractivity contribution in [1.29, 1.82) is 0 Å². The van der Waals surface area contributed by atoms with Crippen LogP contribution in [-0.4, -0.2) is 70.6 Å². The second kappa shape index (κ2) is 9.16. The third-order valence-corrected chi connectivity index (χ3v) is 4.32. The number of amides is 2. The lowest BCUT2D eigenvalue weighted by molar-refractivity contribution is -0.154. The highest BCUT2D eigenvalue weighted by atomic mass is 19.4. The van der Waals surface area contributed by atoms with E-state index in [0.717, 1.165) is 5.69 Å². The molecule has 11 heteroatoms. The third-order valence-electron chi connectivity index (χ3n) is 4.32. The minimum absolute atomic E-state index is 0.110. The van der Waals surface area contributed by atoms with Gasteiger partial charge in [0.25, 0.3) is 0 Å².